The van der Waals surface area contributed by atoms with Gasteiger partial charge in [0.2, 0.25) is 11.8 Å². The Kier molecular flexibility index (Phi) is 7.86. The van der Waals surface area contributed by atoms with Crippen molar-refractivity contribution in [3.8, 4) is 0 Å². The average Bonchev–Trinajstić information content (AvgIpc) is 3.40. The summed E-state index contributed by atoms with van der Waals surface area (Å²) in [5.74, 6) is -2.86. The van der Waals surface area contributed by atoms with Crippen LogP contribution in [0.2, 0.25) is 10.0 Å². The molecule has 5 nitrogen and oxygen atoms in total. The van der Waals surface area contributed by atoms with Crippen LogP contribution in [0.15, 0.2) is 54.6 Å². The van der Waals surface area contributed by atoms with Gasteiger partial charge in [-0.3, -0.25) is 14.4 Å². The molecule has 1 aliphatic carbocycles. The number of aryl methyl sites for hydroxylation is 1. The maximum atomic E-state index is 13.6. The quantitative estimate of drug-likeness (QED) is 0.226. The number of alkyl halides is 2. The number of amides is 2. The lowest BCUT2D eigenvalue weighted by molar-refractivity contribution is -0.117. The van der Waals surface area contributed by atoms with E-state index >= 15 is 0 Å². The molecule has 3 aromatic carbocycles. The first kappa shape index (κ1) is 27.4. The molecule has 37 heavy (non-hydrogen) atoms. The molecule has 1 saturated carbocycles. The molecule has 2 amide bonds. The molecule has 0 bridgehead atoms. The normalized spacial score (nSPS) is 17.7. The summed E-state index contributed by atoms with van der Waals surface area (Å²) >= 11 is 25.1. The van der Waals surface area contributed by atoms with Gasteiger partial charge in [0.15, 0.2) is 5.78 Å². The number of carbonyl (C=O) groups is 3. The minimum Gasteiger partial charge on any atom is -0.326 e. The van der Waals surface area contributed by atoms with Crippen molar-refractivity contribution in [2.45, 2.75) is 30.5 Å². The molecule has 3 aromatic rings. The number of ketones is 1. The molecular weight excluding hydrogens is 561 g/mol. The van der Waals surface area contributed by atoms with Crippen LogP contribution in [0, 0.1) is 18.7 Å². The number of hydrogen-bond acceptors (Lipinski definition) is 3. The Morgan fingerprint density at radius 2 is 1.62 bits per heavy atom. The van der Waals surface area contributed by atoms with E-state index in [9.17, 15) is 18.8 Å². The molecule has 0 radical (unpaired) electrons. The monoisotopic (exact) mass is 580 g/mol. The van der Waals surface area contributed by atoms with Crippen LogP contribution in [-0.2, 0) is 16.0 Å². The number of anilines is 2. The molecule has 0 spiro atoms. The third-order valence-corrected chi connectivity index (χ3v) is 7.83. The van der Waals surface area contributed by atoms with Crippen molar-refractivity contribution in [1.29, 1.82) is 0 Å². The lowest BCUT2D eigenvalue weighted by Crippen LogP contribution is -2.18. The Bertz CT molecular complexity index is 1410. The Hall–Kier alpha value is -2.64. The largest absolute Gasteiger partial charge is 0.326 e. The first-order valence-corrected chi connectivity index (χ1v) is 12.7. The molecule has 4 rings (SSSR count). The Morgan fingerprint density at radius 1 is 0.946 bits per heavy atom. The van der Waals surface area contributed by atoms with Gasteiger partial charge in [-0.05, 0) is 60.0 Å². The fraction of sp³-hybridized carbons (Fsp3) is 0.222. The number of halogens is 5. The molecule has 0 heterocycles. The van der Waals surface area contributed by atoms with E-state index < -0.39 is 27.9 Å². The molecule has 2 unspecified atom stereocenters. The Labute approximate surface area is 233 Å². The highest BCUT2D eigenvalue weighted by atomic mass is 35.5. The second kappa shape index (κ2) is 10.6. The van der Waals surface area contributed by atoms with Crippen molar-refractivity contribution < 1.29 is 18.8 Å². The summed E-state index contributed by atoms with van der Waals surface area (Å²) in [5.41, 5.74) is 3.12. The van der Waals surface area contributed by atoms with Crippen LogP contribution in [-0.4, -0.2) is 21.9 Å². The highest BCUT2D eigenvalue weighted by Gasteiger charge is 2.67. The van der Waals surface area contributed by atoms with E-state index in [2.05, 4.69) is 10.6 Å². The summed E-state index contributed by atoms with van der Waals surface area (Å²) < 4.78 is 12.2. The molecule has 1 fully saturated rings. The molecule has 0 aromatic heterocycles. The van der Waals surface area contributed by atoms with Gasteiger partial charge >= 0.3 is 0 Å². The van der Waals surface area contributed by atoms with Gasteiger partial charge in [-0.15, -0.1) is 23.2 Å². The summed E-state index contributed by atoms with van der Waals surface area (Å²) in [6, 6.07) is 14.1. The second-order valence-electron chi connectivity index (χ2n) is 8.93. The third-order valence-electron chi connectivity index (χ3n) is 6.10. The number of Topliss-reactive ketones (excluding diaryl/α,β-unsaturated/α-hetero) is 1. The predicted molar refractivity (Wildman–Crippen MR) is 146 cm³/mol. The van der Waals surface area contributed by atoms with E-state index in [0.29, 0.717) is 22.5 Å². The first-order chi connectivity index (χ1) is 17.4. The van der Waals surface area contributed by atoms with Crippen LogP contribution in [0.1, 0.15) is 39.9 Å². The van der Waals surface area contributed by atoms with E-state index in [1.165, 1.54) is 31.2 Å². The van der Waals surface area contributed by atoms with Crippen molar-refractivity contribution in [3.63, 3.8) is 0 Å². The van der Waals surface area contributed by atoms with Crippen LogP contribution >= 0.6 is 46.4 Å². The summed E-state index contributed by atoms with van der Waals surface area (Å²) in [4.78, 5) is 37.3. The predicted octanol–water partition coefficient (Wildman–Crippen LogP) is 7.35. The van der Waals surface area contributed by atoms with Gasteiger partial charge in [0.1, 0.15) is 10.2 Å². The molecule has 10 heteroatoms. The fourth-order valence-corrected chi connectivity index (χ4v) is 5.46. The topological polar surface area (TPSA) is 75.3 Å². The minimum atomic E-state index is -1.39. The van der Waals surface area contributed by atoms with Crippen molar-refractivity contribution in [2.75, 3.05) is 10.6 Å². The first-order valence-electron chi connectivity index (χ1n) is 11.2. The maximum absolute atomic E-state index is 13.6. The summed E-state index contributed by atoms with van der Waals surface area (Å²) in [6.45, 7) is 3.14. The van der Waals surface area contributed by atoms with Crippen LogP contribution in [0.25, 0.3) is 0 Å². The maximum Gasteiger partial charge on any atom is 0.231 e. The van der Waals surface area contributed by atoms with Crippen molar-refractivity contribution in [3.05, 3.63) is 92.7 Å². The van der Waals surface area contributed by atoms with Crippen LogP contribution < -0.4 is 10.6 Å². The van der Waals surface area contributed by atoms with Gasteiger partial charge in [-0.1, -0.05) is 41.4 Å². The molecule has 2 N–H and O–H groups in total. The van der Waals surface area contributed by atoms with Gasteiger partial charge in [-0.25, -0.2) is 4.39 Å². The molecule has 1 aliphatic rings. The van der Waals surface area contributed by atoms with Gasteiger partial charge in [0.05, 0.1) is 16.0 Å². The van der Waals surface area contributed by atoms with Crippen molar-refractivity contribution in [1.82, 2.24) is 0 Å². The molecular formula is C27H21Cl4FN2O3. The zero-order chi connectivity index (χ0) is 27.1. The second-order valence-corrected chi connectivity index (χ2v) is 11.2. The number of hydrogen-bond donors (Lipinski definition) is 2. The van der Waals surface area contributed by atoms with Crippen molar-refractivity contribution >= 4 is 75.4 Å². The average molecular weight is 582 g/mol. The zero-order valence-corrected chi connectivity index (χ0v) is 22.7. The minimum absolute atomic E-state index is 0.0689. The smallest absolute Gasteiger partial charge is 0.231 e. The number of nitrogens with one attached hydrogen (secondary N) is 2. The molecule has 2 atom stereocenters. The summed E-state index contributed by atoms with van der Waals surface area (Å²) in [5, 5.41) is 5.64. The number of benzene rings is 3. The van der Waals surface area contributed by atoms with E-state index in [-0.39, 0.29) is 33.7 Å². The van der Waals surface area contributed by atoms with Gasteiger partial charge in [0, 0.05) is 36.2 Å². The third kappa shape index (κ3) is 5.93. The van der Waals surface area contributed by atoms with Crippen LogP contribution in [0.4, 0.5) is 15.8 Å². The lowest BCUT2D eigenvalue weighted by Gasteiger charge is -2.12. The van der Waals surface area contributed by atoms with Crippen molar-refractivity contribution in [2.24, 2.45) is 5.92 Å². The number of carbonyl (C=O) groups excluding carboxylic acids is 3. The van der Waals surface area contributed by atoms with Gasteiger partial charge < -0.3 is 10.6 Å². The summed E-state index contributed by atoms with van der Waals surface area (Å²) in [6.07, 6.45) is 0.0689. The number of rotatable bonds is 7. The fourth-order valence-electron chi connectivity index (χ4n) is 4.23. The van der Waals surface area contributed by atoms with E-state index in [1.807, 2.05) is 0 Å². The molecule has 192 valence electrons. The SMILES string of the molecule is CC(=O)Nc1ccc(CC(=O)c2cc(NC(=O)C3C(c4ccc(F)c(Cl)c4)C3(Cl)Cl)cc(C)c2Cl)cc1. The zero-order valence-electron chi connectivity index (χ0n) is 19.7. The lowest BCUT2D eigenvalue weighted by atomic mass is 10.00. The Morgan fingerprint density at radius 3 is 2.24 bits per heavy atom. The molecule has 0 saturated heterocycles. The highest BCUT2D eigenvalue weighted by molar-refractivity contribution is 6.53. The van der Waals surface area contributed by atoms with E-state index in [0.717, 1.165) is 5.56 Å². The van der Waals surface area contributed by atoms with Crippen LogP contribution in [0.3, 0.4) is 0 Å². The van der Waals surface area contributed by atoms with Gasteiger partial charge in [0.25, 0.3) is 0 Å². The molecule has 0 aliphatic heterocycles. The standard InChI is InChI=1S/C27H21Cl4FN2O3/c1-13-9-18(34-26(37)24-23(27(24,30)31)16-5-8-21(32)20(28)11-16)12-19(25(13)29)22(36)10-15-3-6-17(7-4-15)33-14(2)35/h3-9,11-12,23-24H,10H2,1-2H3,(H,33,35)(H,34,37). The summed E-state index contributed by atoms with van der Waals surface area (Å²) in [7, 11) is 0. The van der Waals surface area contributed by atoms with Gasteiger partial charge in [-0.2, -0.15) is 0 Å². The highest BCUT2D eigenvalue weighted by Crippen LogP contribution is 2.65. The van der Waals surface area contributed by atoms with E-state index in [1.54, 1.807) is 37.3 Å². The van der Waals surface area contributed by atoms with Crippen LogP contribution in [0.5, 0.6) is 0 Å². The Balaban J connectivity index is 1.50. The van der Waals surface area contributed by atoms with E-state index in [4.69, 9.17) is 46.4 Å².